The normalized spacial score (nSPS) is 15.2. The number of rotatable bonds is 3. The Morgan fingerprint density at radius 3 is 3.00 bits per heavy atom. The van der Waals surface area contributed by atoms with Gasteiger partial charge in [0.05, 0.1) is 5.69 Å². The van der Waals surface area contributed by atoms with Gasteiger partial charge in [0.15, 0.2) is 10.8 Å². The van der Waals surface area contributed by atoms with E-state index in [4.69, 9.17) is 0 Å². The number of likely N-dealkylation sites (N-methyl/N-ethyl adjacent to an activating group) is 1. The van der Waals surface area contributed by atoms with Gasteiger partial charge in [-0.25, -0.2) is 4.98 Å². The molecule has 2 aromatic heterocycles. The number of hydrogen-bond donors (Lipinski definition) is 1. The molecule has 0 saturated carbocycles. The van der Waals surface area contributed by atoms with Crippen molar-refractivity contribution in [1.82, 2.24) is 19.7 Å². The van der Waals surface area contributed by atoms with Crippen molar-refractivity contribution in [3.05, 3.63) is 28.5 Å². The van der Waals surface area contributed by atoms with Gasteiger partial charge in [-0.2, -0.15) is 5.10 Å². The summed E-state index contributed by atoms with van der Waals surface area (Å²) in [5.41, 5.74) is 1.54. The lowest BCUT2D eigenvalue weighted by molar-refractivity contribution is 0.102. The molecule has 1 N–H and O–H groups in total. The monoisotopic (exact) mass is 305 g/mol. The van der Waals surface area contributed by atoms with Crippen molar-refractivity contribution in [3.8, 4) is 0 Å². The van der Waals surface area contributed by atoms with E-state index in [-0.39, 0.29) is 11.9 Å². The molecular weight excluding hydrogens is 286 g/mol. The van der Waals surface area contributed by atoms with Crippen LogP contribution in [-0.2, 0) is 13.0 Å². The Morgan fingerprint density at radius 2 is 2.29 bits per heavy atom. The minimum atomic E-state index is -0.200. The van der Waals surface area contributed by atoms with Gasteiger partial charge in [-0.1, -0.05) is 0 Å². The first-order valence-corrected chi connectivity index (χ1v) is 7.88. The van der Waals surface area contributed by atoms with Crippen molar-refractivity contribution in [2.45, 2.75) is 32.9 Å². The lowest BCUT2D eigenvalue weighted by Crippen LogP contribution is -2.25. The summed E-state index contributed by atoms with van der Waals surface area (Å²) >= 11 is 1.56. The van der Waals surface area contributed by atoms with E-state index in [0.717, 1.165) is 25.2 Å². The standard InChI is InChI=1S/C14H19N5OS/c1-9(2)19-7-5-11(17-19)13(20)16-14-15-10-4-6-18(3)8-12(10)21-14/h5,7,9H,4,6,8H2,1-3H3,(H,15,16,20). The van der Waals surface area contributed by atoms with Crippen LogP contribution in [0, 0.1) is 0 Å². The van der Waals surface area contributed by atoms with Crippen molar-refractivity contribution < 1.29 is 4.79 Å². The predicted octanol–water partition coefficient (Wildman–Crippen LogP) is 2.16. The molecule has 6 nitrogen and oxygen atoms in total. The molecule has 112 valence electrons. The molecule has 21 heavy (non-hydrogen) atoms. The molecule has 3 rings (SSSR count). The SMILES string of the molecule is CC(C)n1ccc(C(=O)Nc2nc3c(s2)CN(C)CC3)n1. The number of carbonyl (C=O) groups excluding carboxylic acids is 1. The van der Waals surface area contributed by atoms with Gasteiger partial charge < -0.3 is 4.90 Å². The molecule has 3 heterocycles. The van der Waals surface area contributed by atoms with Crippen LogP contribution >= 0.6 is 11.3 Å². The van der Waals surface area contributed by atoms with Crippen LogP contribution in [0.5, 0.6) is 0 Å². The summed E-state index contributed by atoms with van der Waals surface area (Å²) in [7, 11) is 2.10. The minimum absolute atomic E-state index is 0.200. The van der Waals surface area contributed by atoms with E-state index >= 15 is 0 Å². The molecule has 1 aliphatic rings. The number of carbonyl (C=O) groups is 1. The molecule has 0 unspecified atom stereocenters. The van der Waals surface area contributed by atoms with Gasteiger partial charge in [0.2, 0.25) is 0 Å². The smallest absolute Gasteiger partial charge is 0.277 e. The predicted molar refractivity (Wildman–Crippen MR) is 82.7 cm³/mol. The van der Waals surface area contributed by atoms with E-state index in [9.17, 15) is 4.79 Å². The first-order chi connectivity index (χ1) is 10.0. The molecule has 0 aliphatic carbocycles. The molecule has 1 amide bonds. The summed E-state index contributed by atoms with van der Waals surface area (Å²) in [6, 6.07) is 1.98. The van der Waals surface area contributed by atoms with Crippen LogP contribution in [0.3, 0.4) is 0 Å². The molecule has 0 aromatic carbocycles. The zero-order valence-corrected chi connectivity index (χ0v) is 13.3. The van der Waals surface area contributed by atoms with E-state index < -0.39 is 0 Å². The van der Waals surface area contributed by atoms with Crippen LogP contribution in [-0.4, -0.2) is 39.2 Å². The van der Waals surface area contributed by atoms with Gasteiger partial charge in [-0.3, -0.25) is 14.8 Å². The first-order valence-electron chi connectivity index (χ1n) is 7.06. The number of amides is 1. The minimum Gasteiger partial charge on any atom is -0.301 e. The Hall–Kier alpha value is -1.73. The summed E-state index contributed by atoms with van der Waals surface area (Å²) in [5, 5.41) is 7.80. The molecule has 0 radical (unpaired) electrons. The third-order valence-electron chi connectivity index (χ3n) is 3.51. The molecular formula is C14H19N5OS. The van der Waals surface area contributed by atoms with Crippen molar-refractivity contribution in [3.63, 3.8) is 0 Å². The van der Waals surface area contributed by atoms with Crippen LogP contribution in [0.4, 0.5) is 5.13 Å². The number of hydrogen-bond acceptors (Lipinski definition) is 5. The molecule has 0 saturated heterocycles. The third kappa shape index (κ3) is 2.98. The highest BCUT2D eigenvalue weighted by Crippen LogP contribution is 2.27. The van der Waals surface area contributed by atoms with E-state index in [0.29, 0.717) is 10.8 Å². The molecule has 0 bridgehead atoms. The van der Waals surface area contributed by atoms with Gasteiger partial charge in [-0.15, -0.1) is 11.3 Å². The second-order valence-corrected chi connectivity index (χ2v) is 6.69. The summed E-state index contributed by atoms with van der Waals surface area (Å²) in [6.45, 7) is 5.98. The second-order valence-electron chi connectivity index (χ2n) is 5.61. The average Bonchev–Trinajstić information content (AvgIpc) is 3.03. The lowest BCUT2D eigenvalue weighted by atomic mass is 10.2. The van der Waals surface area contributed by atoms with Crippen molar-refractivity contribution >= 4 is 22.4 Å². The average molecular weight is 305 g/mol. The van der Waals surface area contributed by atoms with Crippen LogP contribution in [0.15, 0.2) is 12.3 Å². The Kier molecular flexibility index (Phi) is 3.77. The van der Waals surface area contributed by atoms with Crippen molar-refractivity contribution in [1.29, 1.82) is 0 Å². The highest BCUT2D eigenvalue weighted by atomic mass is 32.1. The Morgan fingerprint density at radius 1 is 1.48 bits per heavy atom. The Bertz CT molecular complexity index is 660. The maximum absolute atomic E-state index is 12.2. The fourth-order valence-corrected chi connectivity index (χ4v) is 3.37. The lowest BCUT2D eigenvalue weighted by Gasteiger charge is -2.20. The highest BCUT2D eigenvalue weighted by Gasteiger charge is 2.20. The van der Waals surface area contributed by atoms with E-state index in [2.05, 4.69) is 27.3 Å². The Labute approximate surface area is 127 Å². The number of anilines is 1. The molecule has 0 fully saturated rings. The van der Waals surface area contributed by atoms with Crippen LogP contribution in [0.1, 0.15) is 40.9 Å². The van der Waals surface area contributed by atoms with E-state index in [1.165, 1.54) is 4.88 Å². The fourth-order valence-electron chi connectivity index (χ4n) is 2.28. The van der Waals surface area contributed by atoms with Crippen molar-refractivity contribution in [2.24, 2.45) is 0 Å². The number of aromatic nitrogens is 3. The largest absolute Gasteiger partial charge is 0.301 e. The summed E-state index contributed by atoms with van der Waals surface area (Å²) in [6.07, 6.45) is 2.77. The van der Waals surface area contributed by atoms with Crippen LogP contribution in [0.2, 0.25) is 0 Å². The topological polar surface area (TPSA) is 63.1 Å². The molecule has 2 aromatic rings. The number of thiazole rings is 1. The number of nitrogens with one attached hydrogen (secondary N) is 1. The van der Waals surface area contributed by atoms with Gasteiger partial charge >= 0.3 is 0 Å². The number of fused-ring (bicyclic) bond motifs is 1. The van der Waals surface area contributed by atoms with Gasteiger partial charge in [0.1, 0.15) is 0 Å². The van der Waals surface area contributed by atoms with Crippen LogP contribution < -0.4 is 5.32 Å². The van der Waals surface area contributed by atoms with Crippen LogP contribution in [0.25, 0.3) is 0 Å². The van der Waals surface area contributed by atoms with Gasteiger partial charge in [0.25, 0.3) is 5.91 Å². The highest BCUT2D eigenvalue weighted by molar-refractivity contribution is 7.15. The second kappa shape index (κ2) is 5.57. The Balaban J connectivity index is 1.72. The van der Waals surface area contributed by atoms with Crippen molar-refractivity contribution in [2.75, 3.05) is 18.9 Å². The van der Waals surface area contributed by atoms with E-state index in [1.807, 2.05) is 20.0 Å². The summed E-state index contributed by atoms with van der Waals surface area (Å²) in [4.78, 5) is 20.2. The molecule has 1 aliphatic heterocycles. The zero-order chi connectivity index (χ0) is 15.0. The van der Waals surface area contributed by atoms with E-state index in [1.54, 1.807) is 22.1 Å². The number of nitrogens with zero attached hydrogens (tertiary/aromatic N) is 4. The summed E-state index contributed by atoms with van der Waals surface area (Å²) in [5.74, 6) is -0.200. The first kappa shape index (κ1) is 14.2. The quantitative estimate of drug-likeness (QED) is 0.944. The molecule has 0 spiro atoms. The molecule has 7 heteroatoms. The summed E-state index contributed by atoms with van der Waals surface area (Å²) < 4.78 is 1.77. The van der Waals surface area contributed by atoms with Gasteiger partial charge in [-0.05, 0) is 27.0 Å². The fraction of sp³-hybridized carbons (Fsp3) is 0.500. The molecule has 0 atom stereocenters. The third-order valence-corrected chi connectivity index (χ3v) is 4.51. The van der Waals surface area contributed by atoms with Gasteiger partial charge in [0, 0.05) is 36.6 Å². The maximum atomic E-state index is 12.2. The zero-order valence-electron chi connectivity index (χ0n) is 12.5. The maximum Gasteiger partial charge on any atom is 0.277 e.